The van der Waals surface area contributed by atoms with Crippen LogP contribution in [0, 0.1) is 11.8 Å². The Bertz CT molecular complexity index is 1310. The fraction of sp³-hybridized carbons (Fsp3) is 0.500. The van der Waals surface area contributed by atoms with Crippen molar-refractivity contribution in [2.75, 3.05) is 13.7 Å². The average molecular weight is 598 g/mol. The molecule has 0 spiro atoms. The highest BCUT2D eigenvalue weighted by Crippen LogP contribution is 2.36. The minimum atomic E-state index is -1.45. The number of carbonyl (C=O) groups is 3. The van der Waals surface area contributed by atoms with Gasteiger partial charge in [-0.25, -0.2) is 14.4 Å². The lowest BCUT2D eigenvalue weighted by molar-refractivity contribution is -0.315. The molecule has 0 aliphatic carbocycles. The van der Waals surface area contributed by atoms with Crippen molar-refractivity contribution < 1.29 is 47.9 Å². The van der Waals surface area contributed by atoms with Crippen molar-refractivity contribution in [3.05, 3.63) is 82.2 Å². The van der Waals surface area contributed by atoms with E-state index in [1.807, 2.05) is 0 Å². The quantitative estimate of drug-likeness (QED) is 0.148. The van der Waals surface area contributed by atoms with Gasteiger partial charge < -0.3 is 33.5 Å². The summed E-state index contributed by atoms with van der Waals surface area (Å²) in [5.41, 5.74) is 9.80. The third kappa shape index (κ3) is 7.32. The largest absolute Gasteiger partial charge is 0.467 e. The van der Waals surface area contributed by atoms with Gasteiger partial charge in [-0.15, -0.1) is 0 Å². The number of benzene rings is 2. The van der Waals surface area contributed by atoms with Crippen LogP contribution < -0.4 is 0 Å². The maximum absolute atomic E-state index is 13.1. The number of hydrogen-bond donors (Lipinski definition) is 1. The highest BCUT2D eigenvalue weighted by Gasteiger charge is 2.52. The van der Waals surface area contributed by atoms with Crippen LogP contribution in [0.1, 0.15) is 41.5 Å². The Morgan fingerprint density at radius 3 is 2.09 bits per heavy atom. The number of ether oxygens (including phenoxy) is 6. The molecule has 0 saturated carbocycles. The zero-order valence-electron chi connectivity index (χ0n) is 24.2. The molecule has 4 rings (SSSR count). The minimum Gasteiger partial charge on any atom is -0.467 e. The van der Waals surface area contributed by atoms with Crippen LogP contribution in [-0.2, 0) is 33.2 Å². The summed E-state index contributed by atoms with van der Waals surface area (Å²) in [5.74, 6) is -3.46. The summed E-state index contributed by atoms with van der Waals surface area (Å²) in [7, 11) is 1.15. The predicted octanol–water partition coefficient (Wildman–Crippen LogP) is 3.45. The molecule has 0 aromatic heterocycles. The first-order valence-electron chi connectivity index (χ1n) is 13.9. The van der Waals surface area contributed by atoms with Gasteiger partial charge in [0.2, 0.25) is 0 Å². The number of aliphatic hydroxyl groups is 1. The number of aliphatic hydroxyl groups excluding tert-OH is 1. The predicted molar refractivity (Wildman–Crippen MR) is 150 cm³/mol. The summed E-state index contributed by atoms with van der Waals surface area (Å²) in [5, 5.41) is 14.8. The molecule has 0 bridgehead atoms. The van der Waals surface area contributed by atoms with E-state index in [4.69, 9.17) is 28.4 Å². The van der Waals surface area contributed by atoms with Crippen LogP contribution >= 0.6 is 0 Å². The Balaban J connectivity index is 1.63. The molecular weight excluding hydrogens is 562 g/mol. The molecule has 1 N–H and O–H groups in total. The molecule has 2 saturated heterocycles. The SMILES string of the molecule is COC(=O)C1O[C@@H](O[C@@H]2C(COC(=O)c3ccccc3)O[C@H](C)C(N=[N+]=[N-])[C@H]2C)C(OC(=O)c2ccccc2)[C@@H](C)[C@@H]1O. The van der Waals surface area contributed by atoms with Crippen LogP contribution in [0.25, 0.3) is 10.4 Å². The van der Waals surface area contributed by atoms with Gasteiger partial charge in [0.25, 0.3) is 0 Å². The fourth-order valence-electron chi connectivity index (χ4n) is 5.34. The standard InChI is InChI=1S/C30H35N3O10/c1-16-22(32-33-31)18(3)40-21(15-39-27(35)19-11-7-5-8-12-19)24(16)42-30-25(41-28(36)20-13-9-6-10-14-20)17(2)23(34)26(43-30)29(37)38-4/h5-14,16-18,21-26,30,34H,15H2,1-4H3/t16-,17+,18-,21?,22?,23+,24+,25?,26?,30-/m1/s1. The van der Waals surface area contributed by atoms with Gasteiger partial charge in [0.05, 0.1) is 42.6 Å². The molecule has 2 heterocycles. The molecule has 2 fully saturated rings. The first-order chi connectivity index (χ1) is 20.7. The number of azide groups is 1. The molecular formula is C30H35N3O10. The van der Waals surface area contributed by atoms with Gasteiger partial charge >= 0.3 is 17.9 Å². The van der Waals surface area contributed by atoms with E-state index in [-0.39, 0.29) is 12.2 Å². The Labute approximate surface area is 248 Å². The lowest BCUT2D eigenvalue weighted by Crippen LogP contribution is -2.61. The summed E-state index contributed by atoms with van der Waals surface area (Å²) < 4.78 is 34.6. The second kappa shape index (κ2) is 14.5. The number of hydrogen-bond acceptors (Lipinski definition) is 11. The molecule has 2 aromatic rings. The zero-order valence-corrected chi connectivity index (χ0v) is 24.2. The Kier molecular flexibility index (Phi) is 10.7. The van der Waals surface area contributed by atoms with E-state index in [1.165, 1.54) is 0 Å². The van der Waals surface area contributed by atoms with Crippen LogP contribution in [0.4, 0.5) is 0 Å². The molecule has 2 aliphatic rings. The van der Waals surface area contributed by atoms with Crippen molar-refractivity contribution in [3.8, 4) is 0 Å². The molecule has 43 heavy (non-hydrogen) atoms. The van der Waals surface area contributed by atoms with E-state index >= 15 is 0 Å². The van der Waals surface area contributed by atoms with E-state index in [0.29, 0.717) is 5.56 Å². The number of methoxy groups -OCH3 is 1. The Morgan fingerprint density at radius 1 is 0.907 bits per heavy atom. The maximum Gasteiger partial charge on any atom is 0.338 e. The van der Waals surface area contributed by atoms with Crippen LogP contribution in [0.2, 0.25) is 0 Å². The summed E-state index contributed by atoms with van der Waals surface area (Å²) >= 11 is 0. The molecule has 10 atom stereocenters. The van der Waals surface area contributed by atoms with Crippen LogP contribution in [-0.4, -0.2) is 85.7 Å². The van der Waals surface area contributed by atoms with E-state index in [0.717, 1.165) is 7.11 Å². The topological polar surface area (TPSA) is 176 Å². The van der Waals surface area contributed by atoms with Gasteiger partial charge in [-0.1, -0.05) is 55.4 Å². The second-order valence-electron chi connectivity index (χ2n) is 10.5. The first-order valence-corrected chi connectivity index (χ1v) is 13.9. The highest BCUT2D eigenvalue weighted by atomic mass is 16.7. The minimum absolute atomic E-state index is 0.226. The van der Waals surface area contributed by atoms with Crippen molar-refractivity contribution >= 4 is 17.9 Å². The number of esters is 3. The molecule has 13 heteroatoms. The van der Waals surface area contributed by atoms with Gasteiger partial charge in [0.15, 0.2) is 18.5 Å². The molecule has 0 radical (unpaired) electrons. The van der Waals surface area contributed by atoms with Crippen molar-refractivity contribution in [2.45, 2.75) is 69.7 Å². The molecule has 2 aliphatic heterocycles. The third-order valence-corrected chi connectivity index (χ3v) is 7.76. The van der Waals surface area contributed by atoms with Crippen LogP contribution in [0.15, 0.2) is 65.8 Å². The maximum atomic E-state index is 13.1. The first kappa shape index (κ1) is 31.9. The lowest BCUT2D eigenvalue weighted by atomic mass is 9.86. The van der Waals surface area contributed by atoms with E-state index in [1.54, 1.807) is 81.4 Å². The number of carbonyl (C=O) groups excluding carboxylic acids is 3. The highest BCUT2D eigenvalue weighted by molar-refractivity contribution is 5.89. The van der Waals surface area contributed by atoms with E-state index in [9.17, 15) is 25.0 Å². The smallest absolute Gasteiger partial charge is 0.338 e. The molecule has 0 amide bonds. The summed E-state index contributed by atoms with van der Waals surface area (Å²) in [6.07, 6.45) is -7.76. The van der Waals surface area contributed by atoms with E-state index < -0.39 is 78.7 Å². The zero-order chi connectivity index (χ0) is 31.1. The normalized spacial score (nSPS) is 32.1. The monoisotopic (exact) mass is 597 g/mol. The molecule has 13 nitrogen and oxygen atoms in total. The average Bonchev–Trinajstić information content (AvgIpc) is 3.03. The van der Waals surface area contributed by atoms with Gasteiger partial charge in [0.1, 0.15) is 12.7 Å². The molecule has 230 valence electrons. The number of nitrogens with zero attached hydrogens (tertiary/aromatic N) is 3. The van der Waals surface area contributed by atoms with Gasteiger partial charge in [-0.2, -0.15) is 0 Å². The molecule has 2 aromatic carbocycles. The van der Waals surface area contributed by atoms with Crippen molar-refractivity contribution in [3.63, 3.8) is 0 Å². The summed E-state index contributed by atoms with van der Waals surface area (Å²) in [6, 6.07) is 16.0. The third-order valence-electron chi connectivity index (χ3n) is 7.76. The summed E-state index contributed by atoms with van der Waals surface area (Å²) in [6.45, 7) is 4.87. The van der Waals surface area contributed by atoms with Gasteiger partial charge in [-0.05, 0) is 42.6 Å². The summed E-state index contributed by atoms with van der Waals surface area (Å²) in [4.78, 5) is 41.2. The van der Waals surface area contributed by atoms with Crippen molar-refractivity contribution in [1.82, 2.24) is 0 Å². The van der Waals surface area contributed by atoms with Crippen molar-refractivity contribution in [2.24, 2.45) is 17.0 Å². The van der Waals surface area contributed by atoms with Crippen molar-refractivity contribution in [1.29, 1.82) is 0 Å². The molecule has 4 unspecified atom stereocenters. The fourth-order valence-corrected chi connectivity index (χ4v) is 5.34. The lowest BCUT2D eigenvalue weighted by Gasteiger charge is -2.47. The Hall–Kier alpha value is -4.00. The van der Waals surface area contributed by atoms with Crippen LogP contribution in [0.3, 0.4) is 0 Å². The van der Waals surface area contributed by atoms with Gasteiger partial charge in [-0.3, -0.25) is 0 Å². The second-order valence-corrected chi connectivity index (χ2v) is 10.5. The number of rotatable bonds is 9. The van der Waals surface area contributed by atoms with E-state index in [2.05, 4.69) is 10.0 Å². The Morgan fingerprint density at radius 2 is 1.51 bits per heavy atom. The van der Waals surface area contributed by atoms with Gasteiger partial charge in [0, 0.05) is 10.8 Å². The van der Waals surface area contributed by atoms with Crippen LogP contribution in [0.5, 0.6) is 0 Å².